The van der Waals surface area contributed by atoms with Gasteiger partial charge in [0.1, 0.15) is 12.4 Å². The predicted octanol–water partition coefficient (Wildman–Crippen LogP) is 3.16. The summed E-state index contributed by atoms with van der Waals surface area (Å²) < 4.78 is 23.6. The fourth-order valence-electron chi connectivity index (χ4n) is 2.62. The number of aromatic nitrogens is 1. The van der Waals surface area contributed by atoms with Crippen LogP contribution in [-0.2, 0) is 22.6 Å². The average Bonchev–Trinajstić information content (AvgIpc) is 3.20. The Morgan fingerprint density at radius 2 is 1.93 bits per heavy atom. The summed E-state index contributed by atoms with van der Waals surface area (Å²) in [6.07, 6.45) is 1.57. The molecule has 0 saturated heterocycles. The maximum absolute atomic E-state index is 13.0. The largest absolute Gasteiger partial charge is 0.461 e. The predicted molar refractivity (Wildman–Crippen MR) is 102 cm³/mol. The Morgan fingerprint density at radius 3 is 2.60 bits per heavy atom. The van der Waals surface area contributed by atoms with E-state index in [0.717, 1.165) is 6.07 Å². The van der Waals surface area contributed by atoms with Crippen molar-refractivity contribution in [1.82, 2.24) is 4.98 Å². The van der Waals surface area contributed by atoms with Crippen molar-refractivity contribution in [1.29, 1.82) is 0 Å². The Bertz CT molecular complexity index is 1090. The number of primary amides is 1. The number of nitrogens with zero attached hydrogens (tertiary/aromatic N) is 2. The number of amides is 1. The molecule has 0 fully saturated rings. The molecule has 30 heavy (non-hydrogen) atoms. The second kappa shape index (κ2) is 8.95. The number of rotatable bonds is 8. The van der Waals surface area contributed by atoms with E-state index in [1.54, 1.807) is 12.1 Å². The van der Waals surface area contributed by atoms with Gasteiger partial charge in [0.05, 0.1) is 23.1 Å². The molecule has 0 spiro atoms. The van der Waals surface area contributed by atoms with E-state index in [1.165, 1.54) is 30.5 Å². The number of carbonyl (C=O) groups is 2. The lowest BCUT2D eigenvalue weighted by atomic mass is 10.1. The van der Waals surface area contributed by atoms with E-state index in [0.29, 0.717) is 17.2 Å². The first-order valence-corrected chi connectivity index (χ1v) is 8.77. The molecule has 10 heteroatoms. The van der Waals surface area contributed by atoms with Gasteiger partial charge in [-0.25, -0.2) is 9.37 Å². The van der Waals surface area contributed by atoms with Gasteiger partial charge in [0.2, 0.25) is 5.91 Å². The molecule has 2 aromatic carbocycles. The minimum absolute atomic E-state index is 0.0161. The van der Waals surface area contributed by atoms with Crippen molar-refractivity contribution < 1.29 is 28.1 Å². The van der Waals surface area contributed by atoms with Gasteiger partial charge in [0.15, 0.2) is 11.7 Å². The maximum Gasteiger partial charge on any atom is 0.306 e. The zero-order chi connectivity index (χ0) is 21.7. The lowest BCUT2D eigenvalue weighted by molar-refractivity contribution is -0.385. The quantitative estimate of drug-likeness (QED) is 0.340. The molecular weight excluding hydrogens is 397 g/mol. The Morgan fingerprint density at radius 1 is 1.20 bits per heavy atom. The number of hydrogen-bond donors (Lipinski definition) is 1. The minimum atomic E-state index is -0.799. The molecule has 9 nitrogen and oxygen atoms in total. The molecule has 0 unspecified atom stereocenters. The van der Waals surface area contributed by atoms with E-state index < -0.39 is 16.8 Å². The van der Waals surface area contributed by atoms with Gasteiger partial charge in [0.25, 0.3) is 5.69 Å². The fraction of sp³-hybridized carbons (Fsp3) is 0.150. The first kappa shape index (κ1) is 20.6. The number of ether oxygens (including phenoxy) is 1. The average molecular weight is 413 g/mol. The highest BCUT2D eigenvalue weighted by molar-refractivity contribution is 5.93. The minimum Gasteiger partial charge on any atom is -0.461 e. The number of hydrogen-bond acceptors (Lipinski definition) is 7. The molecule has 1 amide bonds. The van der Waals surface area contributed by atoms with Crippen LogP contribution >= 0.6 is 0 Å². The molecule has 0 aliphatic heterocycles. The first-order valence-electron chi connectivity index (χ1n) is 8.77. The molecule has 1 heterocycles. The maximum atomic E-state index is 13.0. The Kier molecular flexibility index (Phi) is 6.16. The van der Waals surface area contributed by atoms with E-state index in [9.17, 15) is 24.1 Å². The summed E-state index contributed by atoms with van der Waals surface area (Å²) in [5, 5.41) is 11.2. The van der Waals surface area contributed by atoms with Crippen LogP contribution in [0, 0.1) is 15.9 Å². The van der Waals surface area contributed by atoms with Crippen molar-refractivity contribution >= 4 is 17.6 Å². The Hall–Kier alpha value is -4.08. The molecule has 0 aliphatic rings. The topological polar surface area (TPSA) is 139 Å². The summed E-state index contributed by atoms with van der Waals surface area (Å²) in [5.74, 6) is -1.05. The third-order valence-corrected chi connectivity index (χ3v) is 4.18. The number of aryl methyl sites for hydroxylation is 1. The molecule has 0 bridgehead atoms. The molecule has 0 radical (unpaired) electrons. The van der Waals surface area contributed by atoms with Crippen LogP contribution in [0.4, 0.5) is 10.1 Å². The van der Waals surface area contributed by atoms with Gasteiger partial charge < -0.3 is 14.9 Å². The van der Waals surface area contributed by atoms with Crippen LogP contribution in [0.2, 0.25) is 0 Å². The van der Waals surface area contributed by atoms with E-state index in [-0.39, 0.29) is 42.1 Å². The highest BCUT2D eigenvalue weighted by atomic mass is 19.1. The van der Waals surface area contributed by atoms with E-state index in [1.807, 2.05) is 0 Å². The molecular formula is C20H16FN3O6. The van der Waals surface area contributed by atoms with Crippen LogP contribution in [0.1, 0.15) is 28.2 Å². The van der Waals surface area contributed by atoms with Crippen molar-refractivity contribution in [2.45, 2.75) is 19.4 Å². The molecule has 0 saturated carbocycles. The fourth-order valence-corrected chi connectivity index (χ4v) is 2.62. The summed E-state index contributed by atoms with van der Waals surface area (Å²) >= 11 is 0. The van der Waals surface area contributed by atoms with Crippen molar-refractivity contribution in [3.05, 3.63) is 81.6 Å². The van der Waals surface area contributed by atoms with Crippen molar-refractivity contribution in [3.63, 3.8) is 0 Å². The molecule has 1 aromatic heterocycles. The van der Waals surface area contributed by atoms with Crippen molar-refractivity contribution in [2.75, 3.05) is 0 Å². The number of carbonyl (C=O) groups excluding carboxylic acids is 2. The molecule has 0 aliphatic carbocycles. The highest BCUT2D eigenvalue weighted by Crippen LogP contribution is 2.23. The van der Waals surface area contributed by atoms with Crippen LogP contribution in [0.5, 0.6) is 0 Å². The third-order valence-electron chi connectivity index (χ3n) is 4.18. The van der Waals surface area contributed by atoms with Crippen molar-refractivity contribution in [2.24, 2.45) is 5.73 Å². The normalized spacial score (nSPS) is 10.6. The summed E-state index contributed by atoms with van der Waals surface area (Å²) in [4.78, 5) is 37.7. The summed E-state index contributed by atoms with van der Waals surface area (Å²) in [6.45, 7) is -0.333. The van der Waals surface area contributed by atoms with Crippen molar-refractivity contribution in [3.8, 4) is 11.3 Å². The third kappa shape index (κ3) is 5.04. The zero-order valence-corrected chi connectivity index (χ0v) is 15.5. The molecule has 154 valence electrons. The van der Waals surface area contributed by atoms with Gasteiger partial charge in [-0.1, -0.05) is 0 Å². The van der Waals surface area contributed by atoms with Gasteiger partial charge in [-0.05, 0) is 36.4 Å². The van der Waals surface area contributed by atoms with Crippen LogP contribution in [0.15, 0.2) is 53.1 Å². The number of esters is 1. The van der Waals surface area contributed by atoms with Gasteiger partial charge in [-0.3, -0.25) is 19.7 Å². The standard InChI is InChI=1S/C20H16FN3O6/c21-15-5-3-12(4-6-15)17-10-23-18(30-17)7-8-19(25)29-11-14-2-1-13(20(22)26)9-16(14)24(27)28/h1-6,9-10H,7-8,11H2,(H2,22,26). The van der Waals surface area contributed by atoms with Gasteiger partial charge in [-0.2, -0.15) is 0 Å². The van der Waals surface area contributed by atoms with E-state index >= 15 is 0 Å². The Balaban J connectivity index is 1.56. The number of benzene rings is 2. The van der Waals surface area contributed by atoms with Gasteiger partial charge >= 0.3 is 5.97 Å². The Labute approximate surface area is 169 Å². The van der Waals surface area contributed by atoms with Gasteiger partial charge in [-0.15, -0.1) is 0 Å². The van der Waals surface area contributed by atoms with Crippen LogP contribution in [0.25, 0.3) is 11.3 Å². The first-order chi connectivity index (χ1) is 14.3. The second-order valence-electron chi connectivity index (χ2n) is 6.25. The lowest BCUT2D eigenvalue weighted by Gasteiger charge is -2.06. The van der Waals surface area contributed by atoms with Crippen LogP contribution < -0.4 is 5.73 Å². The molecule has 3 aromatic rings. The number of oxazole rings is 1. The van der Waals surface area contributed by atoms with Gasteiger partial charge in [0, 0.05) is 23.6 Å². The summed E-state index contributed by atoms with van der Waals surface area (Å²) in [7, 11) is 0. The van der Waals surface area contributed by atoms with E-state index in [4.69, 9.17) is 14.9 Å². The SMILES string of the molecule is NC(=O)c1ccc(COC(=O)CCc2ncc(-c3ccc(F)cc3)o2)c([N+](=O)[O-])c1. The number of nitrogens with two attached hydrogens (primary N) is 1. The number of halogens is 1. The molecule has 3 rings (SSSR count). The monoisotopic (exact) mass is 413 g/mol. The lowest BCUT2D eigenvalue weighted by Crippen LogP contribution is -2.12. The smallest absolute Gasteiger partial charge is 0.306 e. The number of nitro benzene ring substituents is 1. The molecule has 2 N–H and O–H groups in total. The van der Waals surface area contributed by atoms with E-state index in [2.05, 4.69) is 4.98 Å². The van der Waals surface area contributed by atoms with Crippen LogP contribution in [-0.4, -0.2) is 21.8 Å². The zero-order valence-electron chi connectivity index (χ0n) is 15.5. The summed E-state index contributed by atoms with van der Waals surface area (Å²) in [5.41, 5.74) is 5.51. The van der Waals surface area contributed by atoms with Crippen LogP contribution in [0.3, 0.4) is 0 Å². The highest BCUT2D eigenvalue weighted by Gasteiger charge is 2.18. The number of nitro groups is 1. The second-order valence-corrected chi connectivity index (χ2v) is 6.25. The molecule has 0 atom stereocenters. The summed E-state index contributed by atoms with van der Waals surface area (Å²) in [6, 6.07) is 9.36.